The third-order valence-electron chi connectivity index (χ3n) is 2.06. The Morgan fingerprint density at radius 1 is 1.36 bits per heavy atom. The van der Waals surface area contributed by atoms with Crippen molar-refractivity contribution in [3.05, 3.63) is 40.4 Å². The van der Waals surface area contributed by atoms with E-state index in [2.05, 4.69) is 21.4 Å². The van der Waals surface area contributed by atoms with Gasteiger partial charge in [0.15, 0.2) is 0 Å². The number of hydrogen-bond acceptors (Lipinski definition) is 3. The predicted molar refractivity (Wildman–Crippen MR) is 59.2 cm³/mol. The maximum absolute atomic E-state index is 5.48. The minimum atomic E-state index is -0.0198. The highest BCUT2D eigenvalue weighted by Gasteiger charge is 2.15. The van der Waals surface area contributed by atoms with Crippen LogP contribution in [0.1, 0.15) is 5.56 Å². The molecule has 0 amide bonds. The predicted octanol–water partition coefficient (Wildman–Crippen LogP) is 1.65. The molecule has 0 fully saturated rings. The van der Waals surface area contributed by atoms with Crippen molar-refractivity contribution in [2.45, 2.75) is 6.10 Å². The van der Waals surface area contributed by atoms with Gasteiger partial charge in [0.2, 0.25) is 0 Å². The van der Waals surface area contributed by atoms with E-state index in [1.54, 1.807) is 0 Å². The van der Waals surface area contributed by atoms with Gasteiger partial charge < -0.3 is 5.73 Å². The van der Waals surface area contributed by atoms with Gasteiger partial charge in [-0.05, 0) is 23.8 Å². The standard InChI is InChI=1S/C10H11BrN2O/c11-8-3-1-7(2-4-8)10-5-9(6-12)14-13-10/h1-5,9,13H,6,12H2. The van der Waals surface area contributed by atoms with Crippen LogP contribution in [0.25, 0.3) is 5.70 Å². The molecule has 1 aromatic rings. The molecule has 3 N–H and O–H groups in total. The molecule has 1 aliphatic heterocycles. The average molecular weight is 255 g/mol. The highest BCUT2D eigenvalue weighted by Crippen LogP contribution is 2.19. The Labute approximate surface area is 91.0 Å². The van der Waals surface area contributed by atoms with Gasteiger partial charge in [-0.3, -0.25) is 10.3 Å². The zero-order valence-corrected chi connectivity index (χ0v) is 9.12. The van der Waals surface area contributed by atoms with Gasteiger partial charge in [0.1, 0.15) is 6.10 Å². The summed E-state index contributed by atoms with van der Waals surface area (Å²) >= 11 is 3.39. The third kappa shape index (κ3) is 1.97. The number of rotatable bonds is 2. The molecule has 0 aromatic heterocycles. The second kappa shape index (κ2) is 4.13. The second-order valence-corrected chi connectivity index (χ2v) is 4.00. The van der Waals surface area contributed by atoms with Crippen molar-refractivity contribution in [3.63, 3.8) is 0 Å². The lowest BCUT2D eigenvalue weighted by Gasteiger charge is -2.03. The molecule has 3 nitrogen and oxygen atoms in total. The summed E-state index contributed by atoms with van der Waals surface area (Å²) in [7, 11) is 0. The average Bonchev–Trinajstić information content (AvgIpc) is 2.67. The van der Waals surface area contributed by atoms with E-state index in [0.29, 0.717) is 6.54 Å². The largest absolute Gasteiger partial charge is 0.328 e. The van der Waals surface area contributed by atoms with Crippen molar-refractivity contribution in [2.24, 2.45) is 5.73 Å². The lowest BCUT2D eigenvalue weighted by molar-refractivity contribution is 0.0567. The van der Waals surface area contributed by atoms with E-state index in [1.165, 1.54) is 0 Å². The van der Waals surface area contributed by atoms with E-state index in [-0.39, 0.29) is 6.10 Å². The Hall–Kier alpha value is -0.840. The van der Waals surface area contributed by atoms with Crippen LogP contribution in [0.4, 0.5) is 0 Å². The Balaban J connectivity index is 2.20. The van der Waals surface area contributed by atoms with Crippen LogP contribution in [0.5, 0.6) is 0 Å². The summed E-state index contributed by atoms with van der Waals surface area (Å²) in [5.74, 6) is 0. The van der Waals surface area contributed by atoms with Gasteiger partial charge in [0.25, 0.3) is 0 Å². The van der Waals surface area contributed by atoms with Crippen molar-refractivity contribution in [2.75, 3.05) is 6.54 Å². The Morgan fingerprint density at radius 2 is 2.07 bits per heavy atom. The van der Waals surface area contributed by atoms with Crippen LogP contribution >= 0.6 is 15.9 Å². The molecule has 74 valence electrons. The Bertz CT molecular complexity index is 348. The van der Waals surface area contributed by atoms with Crippen molar-refractivity contribution in [3.8, 4) is 0 Å². The number of benzene rings is 1. The molecule has 14 heavy (non-hydrogen) atoms. The lowest BCUT2D eigenvalue weighted by atomic mass is 10.1. The van der Waals surface area contributed by atoms with E-state index in [9.17, 15) is 0 Å². The van der Waals surface area contributed by atoms with Crippen LogP contribution in [0.3, 0.4) is 0 Å². The number of halogens is 1. The molecule has 0 spiro atoms. The first-order chi connectivity index (χ1) is 6.79. The van der Waals surface area contributed by atoms with Crippen LogP contribution in [0.2, 0.25) is 0 Å². The third-order valence-corrected chi connectivity index (χ3v) is 2.59. The first-order valence-corrected chi connectivity index (χ1v) is 5.18. The van der Waals surface area contributed by atoms with E-state index in [0.717, 1.165) is 15.7 Å². The van der Waals surface area contributed by atoms with E-state index >= 15 is 0 Å². The number of nitrogens with one attached hydrogen (secondary N) is 1. The van der Waals surface area contributed by atoms with Gasteiger partial charge in [-0.25, -0.2) is 0 Å². The zero-order chi connectivity index (χ0) is 9.97. The number of nitrogens with two attached hydrogens (primary N) is 1. The van der Waals surface area contributed by atoms with E-state index < -0.39 is 0 Å². The van der Waals surface area contributed by atoms with Crippen LogP contribution in [-0.4, -0.2) is 12.6 Å². The molecular weight excluding hydrogens is 244 g/mol. The van der Waals surface area contributed by atoms with Crippen LogP contribution in [0.15, 0.2) is 34.8 Å². The molecule has 1 aromatic carbocycles. The van der Waals surface area contributed by atoms with Crippen LogP contribution in [0, 0.1) is 0 Å². The molecule has 0 radical (unpaired) electrons. The smallest absolute Gasteiger partial charge is 0.118 e. The summed E-state index contributed by atoms with van der Waals surface area (Å²) in [4.78, 5) is 5.22. The van der Waals surface area contributed by atoms with Crippen molar-refractivity contribution in [1.29, 1.82) is 0 Å². The first-order valence-electron chi connectivity index (χ1n) is 4.39. The Kier molecular flexibility index (Phi) is 2.86. The monoisotopic (exact) mass is 254 g/mol. The van der Waals surface area contributed by atoms with Gasteiger partial charge in [0.05, 0.1) is 5.70 Å². The molecule has 0 saturated heterocycles. The highest BCUT2D eigenvalue weighted by atomic mass is 79.9. The van der Waals surface area contributed by atoms with Gasteiger partial charge in [-0.15, -0.1) is 0 Å². The molecular formula is C10H11BrN2O. The fraction of sp³-hybridized carbons (Fsp3) is 0.200. The van der Waals surface area contributed by atoms with Crippen LogP contribution in [-0.2, 0) is 4.84 Å². The summed E-state index contributed by atoms with van der Waals surface area (Å²) in [5, 5.41) is 0. The van der Waals surface area contributed by atoms with E-state index in [1.807, 2.05) is 30.3 Å². The minimum absolute atomic E-state index is 0.0198. The Morgan fingerprint density at radius 3 is 2.64 bits per heavy atom. The summed E-state index contributed by atoms with van der Waals surface area (Å²) in [6.45, 7) is 0.493. The summed E-state index contributed by atoms with van der Waals surface area (Å²) < 4.78 is 1.07. The second-order valence-electron chi connectivity index (χ2n) is 3.08. The quantitative estimate of drug-likeness (QED) is 0.844. The molecule has 1 unspecified atom stereocenters. The molecule has 1 heterocycles. The molecule has 0 bridgehead atoms. The molecule has 2 rings (SSSR count). The van der Waals surface area contributed by atoms with Crippen molar-refractivity contribution in [1.82, 2.24) is 5.48 Å². The van der Waals surface area contributed by atoms with Gasteiger partial charge in [0, 0.05) is 11.0 Å². The van der Waals surface area contributed by atoms with E-state index in [4.69, 9.17) is 10.6 Å². The minimum Gasteiger partial charge on any atom is -0.328 e. The van der Waals surface area contributed by atoms with Gasteiger partial charge in [-0.2, -0.15) is 0 Å². The molecule has 1 atom stereocenters. The molecule has 0 aliphatic carbocycles. The molecule has 0 saturated carbocycles. The highest BCUT2D eigenvalue weighted by molar-refractivity contribution is 9.10. The van der Waals surface area contributed by atoms with Crippen LogP contribution < -0.4 is 11.2 Å². The lowest BCUT2D eigenvalue weighted by Crippen LogP contribution is -2.21. The maximum atomic E-state index is 5.48. The number of hydrogen-bond donors (Lipinski definition) is 2. The fourth-order valence-electron chi connectivity index (χ4n) is 1.29. The molecule has 1 aliphatic rings. The topological polar surface area (TPSA) is 47.3 Å². The summed E-state index contributed by atoms with van der Waals surface area (Å²) in [6, 6.07) is 8.03. The fourth-order valence-corrected chi connectivity index (χ4v) is 1.56. The van der Waals surface area contributed by atoms with Crippen molar-refractivity contribution < 1.29 is 4.84 Å². The summed E-state index contributed by atoms with van der Waals surface area (Å²) in [6.07, 6.45) is 1.97. The number of hydroxylamine groups is 1. The maximum Gasteiger partial charge on any atom is 0.118 e. The van der Waals surface area contributed by atoms with Gasteiger partial charge >= 0.3 is 0 Å². The SMILES string of the molecule is NCC1C=C(c2ccc(Br)cc2)NO1. The summed E-state index contributed by atoms with van der Waals surface area (Å²) in [5.41, 5.74) is 10.4. The normalized spacial score (nSPS) is 20.4. The first kappa shape index (κ1) is 9.71. The van der Waals surface area contributed by atoms with Gasteiger partial charge in [-0.1, -0.05) is 28.1 Å². The van der Waals surface area contributed by atoms with Crippen molar-refractivity contribution >= 4 is 21.6 Å². The molecule has 4 heteroatoms. The zero-order valence-electron chi connectivity index (χ0n) is 7.53.